The zero-order valence-corrected chi connectivity index (χ0v) is 17.6. The molecule has 2 aromatic rings. The first-order chi connectivity index (χ1) is 13.5. The molecule has 1 aliphatic heterocycles. The summed E-state index contributed by atoms with van der Waals surface area (Å²) >= 11 is 1.15. The molecule has 1 fully saturated rings. The van der Waals surface area contributed by atoms with Crippen LogP contribution in [-0.2, 0) is 27.4 Å². The number of sulfone groups is 1. The zero-order valence-electron chi connectivity index (χ0n) is 16.0. The molecule has 160 valence electrons. The Morgan fingerprint density at radius 3 is 2.72 bits per heavy atom. The van der Waals surface area contributed by atoms with E-state index in [1.54, 1.807) is 11.5 Å². The van der Waals surface area contributed by atoms with Crippen molar-refractivity contribution < 1.29 is 26.4 Å². The van der Waals surface area contributed by atoms with Crippen LogP contribution in [0.15, 0.2) is 23.4 Å². The molecule has 0 saturated carbocycles. The minimum absolute atomic E-state index is 0.0628. The first kappa shape index (κ1) is 21.9. The Labute approximate surface area is 171 Å². The van der Waals surface area contributed by atoms with E-state index in [-0.39, 0.29) is 17.4 Å². The Kier molecular flexibility index (Phi) is 6.19. The first-order valence-electron chi connectivity index (χ1n) is 9.25. The molecule has 1 aromatic heterocycles. The third-order valence-electron chi connectivity index (χ3n) is 4.72. The Hall–Kier alpha value is -1.75. The maximum Gasteiger partial charge on any atom is 0.416 e. The molecule has 1 amide bonds. The third-order valence-corrected chi connectivity index (χ3v) is 7.58. The van der Waals surface area contributed by atoms with E-state index in [1.165, 1.54) is 6.07 Å². The Balaban J connectivity index is 1.81. The number of aromatic nitrogens is 2. The molecule has 0 radical (unpaired) electrons. The Morgan fingerprint density at radius 1 is 1.41 bits per heavy atom. The molecule has 2 heterocycles. The number of halogens is 3. The molecular formula is C18H22F3N3O3S2. The second-order valence-electron chi connectivity index (χ2n) is 7.12. The van der Waals surface area contributed by atoms with Gasteiger partial charge in [-0.25, -0.2) is 13.4 Å². The fourth-order valence-corrected chi connectivity index (χ4v) is 5.88. The number of alkyl halides is 3. The van der Waals surface area contributed by atoms with Crippen LogP contribution in [0, 0.1) is 0 Å². The molecule has 0 spiro atoms. The lowest BCUT2D eigenvalue weighted by atomic mass is 10.2. The summed E-state index contributed by atoms with van der Waals surface area (Å²) in [5.41, 5.74) is 0.0640. The summed E-state index contributed by atoms with van der Waals surface area (Å²) in [5.74, 6) is -0.318. The van der Waals surface area contributed by atoms with Gasteiger partial charge in [0.2, 0.25) is 5.91 Å². The van der Waals surface area contributed by atoms with E-state index in [1.807, 2.05) is 6.92 Å². The van der Waals surface area contributed by atoms with Crippen LogP contribution in [-0.4, -0.2) is 46.7 Å². The SMILES string of the molecule is CCCn1c(S[C@@H](C)C(=O)N[C@H]2CCS(=O)(=O)C2)nc2ccc(C(F)(F)F)cc21. The quantitative estimate of drug-likeness (QED) is 0.685. The molecule has 0 aliphatic carbocycles. The van der Waals surface area contributed by atoms with Gasteiger partial charge in [0.15, 0.2) is 15.0 Å². The summed E-state index contributed by atoms with van der Waals surface area (Å²) in [6, 6.07) is 3.01. The van der Waals surface area contributed by atoms with Crippen molar-refractivity contribution in [3.63, 3.8) is 0 Å². The van der Waals surface area contributed by atoms with Crippen LogP contribution in [0.1, 0.15) is 32.3 Å². The van der Waals surface area contributed by atoms with Gasteiger partial charge in [-0.05, 0) is 38.0 Å². The average molecular weight is 450 g/mol. The van der Waals surface area contributed by atoms with Crippen molar-refractivity contribution in [2.75, 3.05) is 11.5 Å². The largest absolute Gasteiger partial charge is 0.416 e. The number of benzene rings is 1. The molecule has 3 rings (SSSR count). The summed E-state index contributed by atoms with van der Waals surface area (Å²) in [7, 11) is -3.10. The van der Waals surface area contributed by atoms with Gasteiger partial charge in [-0.3, -0.25) is 4.79 Å². The number of aryl methyl sites for hydroxylation is 1. The summed E-state index contributed by atoms with van der Waals surface area (Å²) in [6.45, 7) is 4.04. The summed E-state index contributed by atoms with van der Waals surface area (Å²) in [6.07, 6.45) is -3.37. The molecule has 1 aromatic carbocycles. The lowest BCUT2D eigenvalue weighted by molar-refractivity contribution is -0.137. The minimum Gasteiger partial charge on any atom is -0.351 e. The highest BCUT2D eigenvalue weighted by Gasteiger charge is 2.32. The van der Waals surface area contributed by atoms with Gasteiger partial charge in [0.05, 0.1) is 33.4 Å². The number of hydrogen-bond acceptors (Lipinski definition) is 5. The van der Waals surface area contributed by atoms with Gasteiger partial charge in [0.1, 0.15) is 0 Å². The molecule has 1 N–H and O–H groups in total. The van der Waals surface area contributed by atoms with E-state index < -0.39 is 32.9 Å². The smallest absolute Gasteiger partial charge is 0.351 e. The molecular weight excluding hydrogens is 427 g/mol. The van der Waals surface area contributed by atoms with E-state index in [2.05, 4.69) is 10.3 Å². The number of amides is 1. The number of hydrogen-bond donors (Lipinski definition) is 1. The number of nitrogens with zero attached hydrogens (tertiary/aromatic N) is 2. The minimum atomic E-state index is -4.45. The molecule has 0 unspecified atom stereocenters. The topological polar surface area (TPSA) is 81.1 Å². The molecule has 11 heteroatoms. The van der Waals surface area contributed by atoms with E-state index >= 15 is 0 Å². The molecule has 1 aliphatic rings. The van der Waals surface area contributed by atoms with Crippen molar-refractivity contribution in [2.24, 2.45) is 0 Å². The molecule has 6 nitrogen and oxygen atoms in total. The van der Waals surface area contributed by atoms with Crippen LogP contribution in [0.5, 0.6) is 0 Å². The second kappa shape index (κ2) is 8.17. The van der Waals surface area contributed by atoms with Gasteiger partial charge in [-0.1, -0.05) is 18.7 Å². The Bertz CT molecular complexity index is 1020. The number of thioether (sulfide) groups is 1. The van der Waals surface area contributed by atoms with Gasteiger partial charge >= 0.3 is 6.18 Å². The van der Waals surface area contributed by atoms with Crippen molar-refractivity contribution >= 4 is 38.5 Å². The summed E-state index contributed by atoms with van der Waals surface area (Å²) in [4.78, 5) is 16.9. The Morgan fingerprint density at radius 2 is 2.14 bits per heavy atom. The standard InChI is InChI=1S/C18H22F3N3O3S2/c1-3-7-24-15-9-12(18(19,20)21)4-5-14(15)23-17(24)28-11(2)16(25)22-13-6-8-29(26,27)10-13/h4-5,9,11,13H,3,6-8,10H2,1-2H3,(H,22,25)/t11-,13-/m0/s1. The van der Waals surface area contributed by atoms with Crippen LogP contribution >= 0.6 is 11.8 Å². The van der Waals surface area contributed by atoms with Gasteiger partial charge in [-0.2, -0.15) is 13.2 Å². The van der Waals surface area contributed by atoms with Crippen molar-refractivity contribution in [1.82, 2.24) is 14.9 Å². The van der Waals surface area contributed by atoms with Crippen molar-refractivity contribution in [2.45, 2.75) is 55.9 Å². The third kappa shape index (κ3) is 5.06. The van der Waals surface area contributed by atoms with E-state index in [4.69, 9.17) is 0 Å². The molecule has 0 bridgehead atoms. The maximum atomic E-state index is 13.1. The fraction of sp³-hybridized carbons (Fsp3) is 0.556. The molecule has 2 atom stereocenters. The molecule has 1 saturated heterocycles. The van der Waals surface area contributed by atoms with Crippen LogP contribution in [0.2, 0.25) is 0 Å². The number of fused-ring (bicyclic) bond motifs is 1. The molecule has 29 heavy (non-hydrogen) atoms. The van der Waals surface area contributed by atoms with Gasteiger partial charge in [0.25, 0.3) is 0 Å². The normalized spacial score (nSPS) is 20.1. The van der Waals surface area contributed by atoms with Crippen molar-refractivity contribution in [1.29, 1.82) is 0 Å². The lowest BCUT2D eigenvalue weighted by Gasteiger charge is -2.16. The highest BCUT2D eigenvalue weighted by atomic mass is 32.2. The highest BCUT2D eigenvalue weighted by molar-refractivity contribution is 8.00. The lowest BCUT2D eigenvalue weighted by Crippen LogP contribution is -2.40. The van der Waals surface area contributed by atoms with Gasteiger partial charge in [0, 0.05) is 12.6 Å². The number of imidazole rings is 1. The van der Waals surface area contributed by atoms with E-state index in [9.17, 15) is 26.4 Å². The fourth-order valence-electron chi connectivity index (χ4n) is 3.25. The first-order valence-corrected chi connectivity index (χ1v) is 11.9. The van der Waals surface area contributed by atoms with E-state index in [0.29, 0.717) is 35.6 Å². The number of carbonyl (C=O) groups is 1. The van der Waals surface area contributed by atoms with Crippen LogP contribution < -0.4 is 5.32 Å². The van der Waals surface area contributed by atoms with Gasteiger partial charge < -0.3 is 9.88 Å². The predicted molar refractivity (Wildman–Crippen MR) is 106 cm³/mol. The van der Waals surface area contributed by atoms with Gasteiger partial charge in [-0.15, -0.1) is 0 Å². The predicted octanol–water partition coefficient (Wildman–Crippen LogP) is 3.25. The van der Waals surface area contributed by atoms with Crippen LogP contribution in [0.4, 0.5) is 13.2 Å². The van der Waals surface area contributed by atoms with Crippen LogP contribution in [0.25, 0.3) is 11.0 Å². The second-order valence-corrected chi connectivity index (χ2v) is 10.7. The number of carbonyl (C=O) groups excluding carboxylic acids is 1. The maximum absolute atomic E-state index is 13.1. The van der Waals surface area contributed by atoms with E-state index in [0.717, 1.165) is 23.9 Å². The number of rotatable bonds is 6. The van der Waals surface area contributed by atoms with Crippen molar-refractivity contribution in [3.8, 4) is 0 Å². The highest BCUT2D eigenvalue weighted by Crippen LogP contribution is 2.34. The zero-order chi connectivity index (χ0) is 21.4. The average Bonchev–Trinajstić information content (AvgIpc) is 3.13. The summed E-state index contributed by atoms with van der Waals surface area (Å²) < 4.78 is 64.0. The monoisotopic (exact) mass is 449 g/mol. The summed E-state index contributed by atoms with van der Waals surface area (Å²) in [5, 5.41) is 2.63. The number of nitrogens with one attached hydrogen (secondary N) is 1. The van der Waals surface area contributed by atoms with Crippen LogP contribution in [0.3, 0.4) is 0 Å². The van der Waals surface area contributed by atoms with Crippen molar-refractivity contribution in [3.05, 3.63) is 23.8 Å².